The Hall–Kier alpha value is -2.40. The molecule has 1 N–H and O–H groups in total. The number of nitrogens with zero attached hydrogens (tertiary/aromatic N) is 2. The average Bonchev–Trinajstić information content (AvgIpc) is 2.65. The van der Waals surface area contributed by atoms with Crippen LogP contribution in [0.2, 0.25) is 0 Å². The highest BCUT2D eigenvalue weighted by molar-refractivity contribution is 5.94. The molecule has 1 aliphatic heterocycles. The fourth-order valence-electron chi connectivity index (χ4n) is 3.39. The van der Waals surface area contributed by atoms with E-state index in [0.29, 0.717) is 0 Å². The molecule has 0 unspecified atom stereocenters. The van der Waals surface area contributed by atoms with Crippen molar-refractivity contribution in [2.24, 2.45) is 0 Å². The van der Waals surface area contributed by atoms with Gasteiger partial charge in [-0.2, -0.15) is 0 Å². The fourth-order valence-corrected chi connectivity index (χ4v) is 3.39. The molecule has 1 saturated heterocycles. The molecule has 1 aliphatic rings. The smallest absolute Gasteiger partial charge is 0.241 e. The highest BCUT2D eigenvalue weighted by atomic mass is 19.1. The predicted molar refractivity (Wildman–Crippen MR) is 104 cm³/mol. The van der Waals surface area contributed by atoms with Gasteiger partial charge in [0.25, 0.3) is 0 Å². The lowest BCUT2D eigenvalue weighted by molar-refractivity contribution is -0.120. The molecule has 0 spiro atoms. The van der Waals surface area contributed by atoms with E-state index in [4.69, 9.17) is 0 Å². The van der Waals surface area contributed by atoms with Gasteiger partial charge in [-0.15, -0.1) is 0 Å². The van der Waals surface area contributed by atoms with Gasteiger partial charge in [0.05, 0.1) is 11.7 Å². The van der Waals surface area contributed by atoms with Crippen molar-refractivity contribution in [2.45, 2.75) is 26.8 Å². The SMILES string of the molecule is Cc1cccc(N2CCN([C@H](C)C(=O)Nc3ccccc3F)CC2)c1C. The van der Waals surface area contributed by atoms with Crippen LogP contribution in [0.25, 0.3) is 0 Å². The number of benzene rings is 2. The maximum atomic E-state index is 13.7. The van der Waals surface area contributed by atoms with Crippen molar-refractivity contribution in [3.05, 3.63) is 59.4 Å². The van der Waals surface area contributed by atoms with Crippen LogP contribution in [0.5, 0.6) is 0 Å². The largest absolute Gasteiger partial charge is 0.369 e. The molecule has 1 fully saturated rings. The molecule has 5 heteroatoms. The first-order valence-corrected chi connectivity index (χ1v) is 9.08. The van der Waals surface area contributed by atoms with Crippen molar-refractivity contribution >= 4 is 17.3 Å². The number of anilines is 2. The summed E-state index contributed by atoms with van der Waals surface area (Å²) < 4.78 is 13.7. The van der Waals surface area contributed by atoms with Gasteiger partial charge in [-0.25, -0.2) is 4.39 Å². The van der Waals surface area contributed by atoms with Crippen LogP contribution in [0.3, 0.4) is 0 Å². The highest BCUT2D eigenvalue weighted by Gasteiger charge is 2.26. The maximum absolute atomic E-state index is 13.7. The van der Waals surface area contributed by atoms with Crippen LogP contribution in [0.1, 0.15) is 18.1 Å². The Kier molecular flexibility index (Phi) is 5.57. The summed E-state index contributed by atoms with van der Waals surface area (Å²) in [7, 11) is 0. The van der Waals surface area contributed by atoms with Crippen LogP contribution < -0.4 is 10.2 Å². The van der Waals surface area contributed by atoms with Crippen LogP contribution in [-0.2, 0) is 4.79 Å². The van der Waals surface area contributed by atoms with E-state index in [1.54, 1.807) is 18.2 Å². The summed E-state index contributed by atoms with van der Waals surface area (Å²) in [6, 6.07) is 12.3. The average molecular weight is 355 g/mol. The van der Waals surface area contributed by atoms with E-state index in [2.05, 4.69) is 47.2 Å². The minimum Gasteiger partial charge on any atom is -0.369 e. The third-order valence-corrected chi connectivity index (χ3v) is 5.29. The van der Waals surface area contributed by atoms with E-state index in [1.807, 2.05) is 6.92 Å². The zero-order chi connectivity index (χ0) is 18.7. The molecule has 4 nitrogen and oxygen atoms in total. The Bertz CT molecular complexity index is 785. The zero-order valence-electron chi connectivity index (χ0n) is 15.6. The van der Waals surface area contributed by atoms with Crippen molar-refractivity contribution in [3.63, 3.8) is 0 Å². The standard InChI is InChI=1S/C21H26FN3O/c1-15-7-6-10-20(16(15)2)25-13-11-24(12-14-25)17(3)21(26)23-19-9-5-4-8-18(19)22/h4-10,17H,11-14H2,1-3H3,(H,23,26)/t17-/m1/s1. The Balaban J connectivity index is 1.59. The van der Waals surface area contributed by atoms with Gasteiger partial charge in [-0.1, -0.05) is 24.3 Å². The van der Waals surface area contributed by atoms with Gasteiger partial charge in [0.1, 0.15) is 5.82 Å². The Morgan fingerprint density at radius 1 is 1.04 bits per heavy atom. The van der Waals surface area contributed by atoms with E-state index < -0.39 is 5.82 Å². The molecule has 0 saturated carbocycles. The van der Waals surface area contributed by atoms with Crippen molar-refractivity contribution in [2.75, 3.05) is 36.4 Å². The van der Waals surface area contributed by atoms with Gasteiger partial charge in [-0.05, 0) is 50.1 Å². The van der Waals surface area contributed by atoms with Crippen LogP contribution >= 0.6 is 0 Å². The zero-order valence-corrected chi connectivity index (χ0v) is 15.6. The summed E-state index contributed by atoms with van der Waals surface area (Å²) in [6.07, 6.45) is 0. The molecule has 0 aromatic heterocycles. The lowest BCUT2D eigenvalue weighted by Gasteiger charge is -2.39. The number of amides is 1. The molecule has 1 heterocycles. The summed E-state index contributed by atoms with van der Waals surface area (Å²) in [5.41, 5.74) is 4.11. The van der Waals surface area contributed by atoms with Crippen LogP contribution in [0, 0.1) is 19.7 Å². The molecule has 2 aromatic carbocycles. The van der Waals surface area contributed by atoms with Crippen LogP contribution in [0.4, 0.5) is 15.8 Å². The summed E-state index contributed by atoms with van der Waals surface area (Å²) in [5.74, 6) is -0.580. The second kappa shape index (κ2) is 7.87. The monoisotopic (exact) mass is 355 g/mol. The predicted octanol–water partition coefficient (Wildman–Crippen LogP) is 3.59. The minimum atomic E-state index is -0.409. The van der Waals surface area contributed by atoms with Gasteiger partial charge in [0.15, 0.2) is 0 Å². The lowest BCUT2D eigenvalue weighted by Crippen LogP contribution is -2.53. The Morgan fingerprint density at radius 3 is 2.42 bits per heavy atom. The normalized spacial score (nSPS) is 16.4. The van der Waals surface area contributed by atoms with Gasteiger partial charge in [0, 0.05) is 31.9 Å². The highest BCUT2D eigenvalue weighted by Crippen LogP contribution is 2.24. The van der Waals surface area contributed by atoms with Crippen molar-refractivity contribution in [1.29, 1.82) is 0 Å². The summed E-state index contributed by atoms with van der Waals surface area (Å²) in [5, 5.41) is 2.70. The number of hydrogen-bond donors (Lipinski definition) is 1. The first kappa shape index (κ1) is 18.4. The molecular weight excluding hydrogens is 329 g/mol. The van der Waals surface area contributed by atoms with Gasteiger partial charge in [-0.3, -0.25) is 9.69 Å². The Morgan fingerprint density at radius 2 is 1.73 bits per heavy atom. The summed E-state index contributed by atoms with van der Waals surface area (Å²) >= 11 is 0. The molecule has 1 amide bonds. The number of carbonyl (C=O) groups excluding carboxylic acids is 1. The molecule has 26 heavy (non-hydrogen) atoms. The first-order valence-electron chi connectivity index (χ1n) is 9.08. The van der Waals surface area contributed by atoms with Gasteiger partial charge >= 0.3 is 0 Å². The quantitative estimate of drug-likeness (QED) is 0.910. The second-order valence-electron chi connectivity index (χ2n) is 6.89. The van der Waals surface area contributed by atoms with E-state index >= 15 is 0 Å². The number of para-hydroxylation sites is 1. The molecule has 2 aromatic rings. The van der Waals surface area contributed by atoms with E-state index in [0.717, 1.165) is 26.2 Å². The van der Waals surface area contributed by atoms with E-state index in [-0.39, 0.29) is 17.6 Å². The summed E-state index contributed by atoms with van der Waals surface area (Å²) in [4.78, 5) is 17.0. The van der Waals surface area contributed by atoms with Gasteiger partial charge < -0.3 is 10.2 Å². The minimum absolute atomic E-state index is 0.171. The molecule has 0 radical (unpaired) electrons. The van der Waals surface area contributed by atoms with Crippen LogP contribution in [0.15, 0.2) is 42.5 Å². The number of piperazine rings is 1. The Labute approximate surface area is 154 Å². The molecule has 0 bridgehead atoms. The molecule has 0 aliphatic carbocycles. The first-order chi connectivity index (χ1) is 12.5. The topological polar surface area (TPSA) is 35.6 Å². The molecular formula is C21H26FN3O. The number of nitrogens with one attached hydrogen (secondary N) is 1. The fraction of sp³-hybridized carbons (Fsp3) is 0.381. The molecule has 3 rings (SSSR count). The summed E-state index contributed by atoms with van der Waals surface area (Å²) in [6.45, 7) is 9.52. The third kappa shape index (κ3) is 3.88. The van der Waals surface area contributed by atoms with E-state index in [1.165, 1.54) is 22.9 Å². The van der Waals surface area contributed by atoms with Gasteiger partial charge in [0.2, 0.25) is 5.91 Å². The third-order valence-electron chi connectivity index (χ3n) is 5.29. The number of rotatable bonds is 4. The number of halogens is 1. The molecule has 1 atom stereocenters. The van der Waals surface area contributed by atoms with Crippen molar-refractivity contribution in [3.8, 4) is 0 Å². The number of aryl methyl sites for hydroxylation is 1. The van der Waals surface area contributed by atoms with E-state index in [9.17, 15) is 9.18 Å². The van der Waals surface area contributed by atoms with Crippen molar-refractivity contribution in [1.82, 2.24) is 4.90 Å². The number of hydrogen-bond acceptors (Lipinski definition) is 3. The second-order valence-corrected chi connectivity index (χ2v) is 6.89. The lowest BCUT2D eigenvalue weighted by atomic mass is 10.1. The van der Waals surface area contributed by atoms with Crippen LogP contribution in [-0.4, -0.2) is 43.0 Å². The van der Waals surface area contributed by atoms with Crippen molar-refractivity contribution < 1.29 is 9.18 Å². The molecule has 138 valence electrons. The number of carbonyl (C=O) groups is 1. The maximum Gasteiger partial charge on any atom is 0.241 e.